The van der Waals surface area contributed by atoms with E-state index in [4.69, 9.17) is 0 Å². The molecule has 90 valence electrons. The molecule has 2 fully saturated rings. The lowest BCUT2D eigenvalue weighted by atomic mass is 10.2. The maximum atomic E-state index is 11.4. The van der Waals surface area contributed by atoms with Gasteiger partial charge in [0.2, 0.25) is 5.91 Å². The van der Waals surface area contributed by atoms with Gasteiger partial charge in [-0.15, -0.1) is 0 Å². The molecule has 0 saturated carbocycles. The molecule has 0 aliphatic carbocycles. The Bertz CT molecular complexity index is 417. The summed E-state index contributed by atoms with van der Waals surface area (Å²) in [6, 6.07) is 11.6. The maximum absolute atomic E-state index is 11.4. The van der Waals surface area contributed by atoms with Gasteiger partial charge in [-0.05, 0) is 12.0 Å². The van der Waals surface area contributed by atoms with Gasteiger partial charge in [-0.2, -0.15) is 0 Å². The van der Waals surface area contributed by atoms with Crippen molar-refractivity contribution in [3.63, 3.8) is 0 Å². The Hall–Kier alpha value is -1.35. The van der Waals surface area contributed by atoms with E-state index in [1.165, 1.54) is 5.56 Å². The third-order valence-electron chi connectivity index (χ3n) is 3.99. The van der Waals surface area contributed by atoms with Crippen LogP contribution in [0.4, 0.5) is 0 Å². The number of amides is 1. The predicted molar refractivity (Wildman–Crippen MR) is 66.4 cm³/mol. The Morgan fingerprint density at radius 3 is 2.59 bits per heavy atom. The van der Waals surface area contributed by atoms with Gasteiger partial charge in [-0.1, -0.05) is 30.3 Å². The lowest BCUT2D eigenvalue weighted by molar-refractivity contribution is -0.131. The molecule has 0 unspecified atom stereocenters. The highest BCUT2D eigenvalue weighted by atomic mass is 16.2. The molecule has 17 heavy (non-hydrogen) atoms. The van der Waals surface area contributed by atoms with E-state index < -0.39 is 0 Å². The number of carbonyl (C=O) groups excluding carboxylic acids is 1. The van der Waals surface area contributed by atoms with Crippen LogP contribution in [0.1, 0.15) is 18.9 Å². The zero-order chi connectivity index (χ0) is 11.8. The quantitative estimate of drug-likeness (QED) is 0.768. The number of likely N-dealkylation sites (tertiary alicyclic amines) is 2. The van der Waals surface area contributed by atoms with Gasteiger partial charge >= 0.3 is 0 Å². The highest BCUT2D eigenvalue weighted by molar-refractivity contribution is 5.74. The van der Waals surface area contributed by atoms with Crippen molar-refractivity contribution in [1.29, 1.82) is 0 Å². The molecule has 0 radical (unpaired) electrons. The average molecular weight is 230 g/mol. The van der Waals surface area contributed by atoms with Gasteiger partial charge in [-0.25, -0.2) is 0 Å². The summed E-state index contributed by atoms with van der Waals surface area (Å²) in [5, 5.41) is 0. The molecular formula is C14H18N2O. The third-order valence-corrected chi connectivity index (χ3v) is 3.99. The minimum absolute atomic E-state index is 0.233. The Morgan fingerprint density at radius 1 is 1.24 bits per heavy atom. The van der Waals surface area contributed by atoms with E-state index >= 15 is 0 Å². The van der Waals surface area contributed by atoms with E-state index in [2.05, 4.69) is 35.2 Å². The lowest BCUT2D eigenvalue weighted by Crippen LogP contribution is -2.47. The molecule has 2 aliphatic rings. The largest absolute Gasteiger partial charge is 0.337 e. The van der Waals surface area contributed by atoms with Crippen LogP contribution in [0.15, 0.2) is 30.3 Å². The Labute approximate surface area is 102 Å². The van der Waals surface area contributed by atoms with Gasteiger partial charge in [-0.3, -0.25) is 9.69 Å². The van der Waals surface area contributed by atoms with Crippen LogP contribution < -0.4 is 0 Å². The van der Waals surface area contributed by atoms with Gasteiger partial charge in [0.05, 0.1) is 0 Å². The maximum Gasteiger partial charge on any atom is 0.219 e. The first-order valence-corrected chi connectivity index (χ1v) is 6.29. The third kappa shape index (κ3) is 1.95. The highest BCUT2D eigenvalue weighted by Gasteiger charge is 2.43. The first kappa shape index (κ1) is 10.8. The van der Waals surface area contributed by atoms with Crippen molar-refractivity contribution in [1.82, 2.24) is 9.80 Å². The van der Waals surface area contributed by atoms with Crippen LogP contribution in [-0.2, 0) is 11.3 Å². The number of benzene rings is 1. The summed E-state index contributed by atoms with van der Waals surface area (Å²) in [5.74, 6) is 0.233. The van der Waals surface area contributed by atoms with Crippen molar-refractivity contribution < 1.29 is 4.79 Å². The minimum atomic E-state index is 0.233. The zero-order valence-corrected chi connectivity index (χ0v) is 10.2. The number of hydrogen-bond acceptors (Lipinski definition) is 2. The summed E-state index contributed by atoms with van der Waals surface area (Å²) in [6.07, 6.45) is 1.16. The Morgan fingerprint density at radius 2 is 2.00 bits per heavy atom. The molecule has 2 heterocycles. The summed E-state index contributed by atoms with van der Waals surface area (Å²) < 4.78 is 0. The monoisotopic (exact) mass is 230 g/mol. The van der Waals surface area contributed by atoms with Gasteiger partial charge in [0.15, 0.2) is 0 Å². The first-order valence-electron chi connectivity index (χ1n) is 6.29. The molecule has 3 nitrogen and oxygen atoms in total. The summed E-state index contributed by atoms with van der Waals surface area (Å²) >= 11 is 0. The number of nitrogens with zero attached hydrogens (tertiary/aromatic N) is 2. The van der Waals surface area contributed by atoms with Crippen LogP contribution in [-0.4, -0.2) is 40.9 Å². The minimum Gasteiger partial charge on any atom is -0.337 e. The van der Waals surface area contributed by atoms with E-state index in [0.717, 1.165) is 26.1 Å². The zero-order valence-electron chi connectivity index (χ0n) is 10.2. The van der Waals surface area contributed by atoms with Crippen molar-refractivity contribution in [2.45, 2.75) is 32.0 Å². The highest BCUT2D eigenvalue weighted by Crippen LogP contribution is 2.31. The van der Waals surface area contributed by atoms with Crippen LogP contribution in [0.3, 0.4) is 0 Å². The van der Waals surface area contributed by atoms with Gasteiger partial charge in [0, 0.05) is 38.6 Å². The van der Waals surface area contributed by atoms with Crippen LogP contribution in [0.25, 0.3) is 0 Å². The van der Waals surface area contributed by atoms with Gasteiger partial charge < -0.3 is 4.90 Å². The molecule has 3 rings (SSSR count). The fourth-order valence-electron chi connectivity index (χ4n) is 3.15. The molecule has 2 aliphatic heterocycles. The molecule has 1 aromatic rings. The van der Waals surface area contributed by atoms with Crippen molar-refractivity contribution >= 4 is 5.91 Å². The second kappa shape index (κ2) is 4.15. The van der Waals surface area contributed by atoms with Gasteiger partial charge in [0.25, 0.3) is 0 Å². The normalized spacial score (nSPS) is 27.7. The van der Waals surface area contributed by atoms with Crippen LogP contribution in [0, 0.1) is 0 Å². The molecule has 0 spiro atoms. The number of rotatable bonds is 2. The Balaban J connectivity index is 1.65. The van der Waals surface area contributed by atoms with E-state index in [9.17, 15) is 4.79 Å². The second-order valence-electron chi connectivity index (χ2n) is 5.13. The average Bonchev–Trinajstić information content (AvgIpc) is 2.89. The topological polar surface area (TPSA) is 23.6 Å². The standard InChI is InChI=1S/C14H18N2O/c1-11(17)16-10-13-7-14(16)9-15(13)8-12-5-3-2-4-6-12/h2-6,13-14H,7-10H2,1H3/t13-,14-/m0/s1. The summed E-state index contributed by atoms with van der Waals surface area (Å²) in [7, 11) is 0. The summed E-state index contributed by atoms with van der Waals surface area (Å²) in [4.78, 5) is 16.0. The molecule has 0 aromatic heterocycles. The van der Waals surface area contributed by atoms with Crippen molar-refractivity contribution in [3.05, 3.63) is 35.9 Å². The van der Waals surface area contributed by atoms with Crippen molar-refractivity contribution in [3.8, 4) is 0 Å². The molecule has 3 heteroatoms. The van der Waals surface area contributed by atoms with Crippen LogP contribution >= 0.6 is 0 Å². The van der Waals surface area contributed by atoms with Crippen LogP contribution in [0.2, 0.25) is 0 Å². The molecule has 0 N–H and O–H groups in total. The van der Waals surface area contributed by atoms with E-state index in [-0.39, 0.29) is 5.91 Å². The summed E-state index contributed by atoms with van der Waals surface area (Å²) in [6.45, 7) is 4.67. The summed E-state index contributed by atoms with van der Waals surface area (Å²) in [5.41, 5.74) is 1.37. The first-order chi connectivity index (χ1) is 8.24. The molecule has 2 atom stereocenters. The number of fused-ring (bicyclic) bond motifs is 2. The lowest BCUT2D eigenvalue weighted by Gasteiger charge is -2.33. The van der Waals surface area contributed by atoms with Gasteiger partial charge in [0.1, 0.15) is 0 Å². The fraction of sp³-hybridized carbons (Fsp3) is 0.500. The van der Waals surface area contributed by atoms with Crippen molar-refractivity contribution in [2.75, 3.05) is 13.1 Å². The predicted octanol–water partition coefficient (Wildman–Crippen LogP) is 1.49. The SMILES string of the molecule is CC(=O)N1C[C@@H]2C[C@H]1CN2Cc1ccccc1. The smallest absolute Gasteiger partial charge is 0.219 e. The molecule has 2 saturated heterocycles. The fourth-order valence-corrected chi connectivity index (χ4v) is 3.15. The molecule has 2 bridgehead atoms. The molecule has 1 amide bonds. The van der Waals surface area contributed by atoms with E-state index in [1.807, 2.05) is 4.90 Å². The van der Waals surface area contributed by atoms with Crippen molar-refractivity contribution in [2.24, 2.45) is 0 Å². The Kier molecular flexibility index (Phi) is 2.63. The number of carbonyl (C=O) groups is 1. The molecule has 1 aromatic carbocycles. The number of hydrogen-bond donors (Lipinski definition) is 0. The van der Waals surface area contributed by atoms with Crippen LogP contribution in [0.5, 0.6) is 0 Å². The second-order valence-corrected chi connectivity index (χ2v) is 5.13. The van der Waals surface area contributed by atoms with E-state index in [0.29, 0.717) is 12.1 Å². The van der Waals surface area contributed by atoms with E-state index in [1.54, 1.807) is 6.92 Å². The molecular weight excluding hydrogens is 212 g/mol. The number of piperazine rings is 1.